The van der Waals surface area contributed by atoms with Gasteiger partial charge in [0, 0.05) is 12.1 Å². The second-order valence-electron chi connectivity index (χ2n) is 7.42. The zero-order chi connectivity index (χ0) is 15.8. The Bertz CT molecular complexity index is 494. The quantitative estimate of drug-likeness (QED) is 0.845. The van der Waals surface area contributed by atoms with Gasteiger partial charge in [-0.15, -0.1) is 0 Å². The van der Waals surface area contributed by atoms with Crippen molar-refractivity contribution >= 4 is 0 Å². The Morgan fingerprint density at radius 1 is 1.24 bits per heavy atom. The van der Waals surface area contributed by atoms with Crippen LogP contribution in [0, 0.1) is 23.7 Å². The summed E-state index contributed by atoms with van der Waals surface area (Å²) < 4.78 is 5.34. The van der Waals surface area contributed by atoms with E-state index < -0.39 is 6.10 Å². The number of rotatable bonds is 6. The Morgan fingerprint density at radius 2 is 1.86 bits per heavy atom. The maximum absolute atomic E-state index is 10.4. The summed E-state index contributed by atoms with van der Waals surface area (Å²) in [5.41, 5.74) is 2.76. The molecule has 3 nitrogen and oxygen atoms in total. The summed E-state index contributed by atoms with van der Waals surface area (Å²) in [4.78, 5) is 0. The molecule has 1 aliphatic carbocycles. The van der Waals surface area contributed by atoms with Crippen molar-refractivity contribution in [3.63, 3.8) is 0 Å². The molecule has 2 N–H and O–H groups in total. The van der Waals surface area contributed by atoms with E-state index in [0.717, 1.165) is 23.4 Å². The largest absolute Gasteiger partial charge is 0.496 e. The lowest BCUT2D eigenvalue weighted by atomic mass is 10.0. The molecule has 0 bridgehead atoms. The predicted molar refractivity (Wildman–Crippen MR) is 86.6 cm³/mol. The molecule has 0 amide bonds. The average Bonchev–Trinajstić information content (AvgIpc) is 2.80. The lowest BCUT2D eigenvalue weighted by Gasteiger charge is -2.16. The number of aryl methyl sites for hydroxylation is 1. The van der Waals surface area contributed by atoms with Crippen molar-refractivity contribution in [3.05, 3.63) is 29.3 Å². The molecule has 0 aliphatic heterocycles. The lowest BCUT2D eigenvalue weighted by Crippen LogP contribution is -2.25. The van der Waals surface area contributed by atoms with Gasteiger partial charge in [-0.1, -0.05) is 39.3 Å². The minimum Gasteiger partial charge on any atom is -0.496 e. The molecule has 1 aromatic rings. The minimum absolute atomic E-state index is 0.381. The van der Waals surface area contributed by atoms with Crippen molar-refractivity contribution in [2.75, 3.05) is 20.2 Å². The first-order chi connectivity index (χ1) is 9.71. The number of hydrogen-bond donors (Lipinski definition) is 2. The monoisotopic (exact) mass is 291 g/mol. The third kappa shape index (κ3) is 2.95. The first-order valence-corrected chi connectivity index (χ1v) is 7.75. The highest BCUT2D eigenvalue weighted by molar-refractivity contribution is 5.38. The summed E-state index contributed by atoms with van der Waals surface area (Å²) >= 11 is 0. The van der Waals surface area contributed by atoms with Crippen LogP contribution < -0.4 is 10.1 Å². The van der Waals surface area contributed by atoms with Crippen LogP contribution in [0.3, 0.4) is 0 Å². The Morgan fingerprint density at radius 3 is 2.38 bits per heavy atom. The van der Waals surface area contributed by atoms with E-state index in [1.54, 1.807) is 7.11 Å². The number of aliphatic hydroxyl groups excluding tert-OH is 1. The molecule has 0 spiro atoms. The Kier molecular flexibility index (Phi) is 4.36. The van der Waals surface area contributed by atoms with Crippen molar-refractivity contribution in [1.82, 2.24) is 5.32 Å². The number of benzene rings is 1. The molecule has 1 saturated carbocycles. The molecule has 1 atom stereocenters. The van der Waals surface area contributed by atoms with Crippen LogP contribution in [0.25, 0.3) is 0 Å². The Labute approximate surface area is 128 Å². The van der Waals surface area contributed by atoms with Crippen LogP contribution in [0.4, 0.5) is 0 Å². The van der Waals surface area contributed by atoms with E-state index in [1.165, 1.54) is 0 Å². The van der Waals surface area contributed by atoms with E-state index in [9.17, 15) is 5.11 Å². The number of hydrogen-bond acceptors (Lipinski definition) is 3. The van der Waals surface area contributed by atoms with Gasteiger partial charge in [0.15, 0.2) is 0 Å². The first-order valence-electron chi connectivity index (χ1n) is 7.75. The smallest absolute Gasteiger partial charge is 0.124 e. The molecule has 0 heterocycles. The molecule has 1 aromatic carbocycles. The van der Waals surface area contributed by atoms with Crippen LogP contribution in [-0.2, 0) is 0 Å². The second kappa shape index (κ2) is 5.62. The fourth-order valence-electron chi connectivity index (χ4n) is 3.43. The van der Waals surface area contributed by atoms with Gasteiger partial charge in [-0.25, -0.2) is 0 Å². The zero-order valence-electron chi connectivity index (χ0n) is 14.2. The third-order valence-electron chi connectivity index (χ3n) is 5.75. The first kappa shape index (κ1) is 16.3. The average molecular weight is 291 g/mol. The lowest BCUT2D eigenvalue weighted by molar-refractivity contribution is 0.169. The molecular weight excluding hydrogens is 262 g/mol. The van der Waals surface area contributed by atoms with Crippen LogP contribution in [0.5, 0.6) is 5.75 Å². The second-order valence-corrected chi connectivity index (χ2v) is 7.42. The molecule has 118 valence electrons. The molecular formula is C18H29NO2. The van der Waals surface area contributed by atoms with E-state index in [2.05, 4.69) is 33.0 Å². The molecule has 1 fully saturated rings. The maximum Gasteiger partial charge on any atom is 0.124 e. The highest BCUT2D eigenvalue weighted by Crippen LogP contribution is 2.67. The van der Waals surface area contributed by atoms with Crippen molar-refractivity contribution in [2.45, 2.75) is 40.7 Å². The molecule has 3 heteroatoms. The summed E-state index contributed by atoms with van der Waals surface area (Å²) in [6.07, 6.45) is -0.537. The van der Waals surface area contributed by atoms with Gasteiger partial charge in [0.05, 0.1) is 13.2 Å². The highest BCUT2D eigenvalue weighted by atomic mass is 16.5. The van der Waals surface area contributed by atoms with Gasteiger partial charge >= 0.3 is 0 Å². The summed E-state index contributed by atoms with van der Waals surface area (Å²) in [7, 11) is 1.64. The van der Waals surface area contributed by atoms with Crippen molar-refractivity contribution in [3.8, 4) is 5.75 Å². The van der Waals surface area contributed by atoms with Gasteiger partial charge < -0.3 is 15.2 Å². The van der Waals surface area contributed by atoms with Gasteiger partial charge in [0.25, 0.3) is 0 Å². The fourth-order valence-corrected chi connectivity index (χ4v) is 3.43. The van der Waals surface area contributed by atoms with Gasteiger partial charge in [-0.2, -0.15) is 0 Å². The Hall–Kier alpha value is -1.06. The fraction of sp³-hybridized carbons (Fsp3) is 0.667. The normalized spacial score (nSPS) is 21.1. The van der Waals surface area contributed by atoms with E-state index in [1.807, 2.05) is 25.1 Å². The van der Waals surface area contributed by atoms with Crippen molar-refractivity contribution < 1.29 is 9.84 Å². The van der Waals surface area contributed by atoms with Gasteiger partial charge in [0.1, 0.15) is 5.75 Å². The van der Waals surface area contributed by atoms with E-state index >= 15 is 0 Å². The number of methoxy groups -OCH3 is 1. The molecule has 2 rings (SSSR count). The molecule has 21 heavy (non-hydrogen) atoms. The standard InChI is InChI=1S/C18H29NO2/c1-12-7-8-15(21-6)13(9-12)14(20)10-19-11-16-17(2,3)18(16,4)5/h7-9,14,16,19-20H,10-11H2,1-6H3. The topological polar surface area (TPSA) is 41.5 Å². The van der Waals surface area contributed by atoms with Crippen LogP contribution in [0.1, 0.15) is 44.9 Å². The van der Waals surface area contributed by atoms with Crippen LogP contribution in [0.2, 0.25) is 0 Å². The van der Waals surface area contributed by atoms with Crippen molar-refractivity contribution in [2.24, 2.45) is 16.7 Å². The Balaban J connectivity index is 1.91. The summed E-state index contributed by atoms with van der Waals surface area (Å²) in [6.45, 7) is 12.8. The maximum atomic E-state index is 10.4. The van der Waals surface area contributed by atoms with Gasteiger partial charge in [0.2, 0.25) is 0 Å². The summed E-state index contributed by atoms with van der Waals surface area (Å²) in [6, 6.07) is 5.91. The molecule has 0 aromatic heterocycles. The van der Waals surface area contributed by atoms with E-state index in [-0.39, 0.29) is 0 Å². The third-order valence-corrected chi connectivity index (χ3v) is 5.75. The van der Waals surface area contributed by atoms with Crippen LogP contribution in [-0.4, -0.2) is 25.3 Å². The van der Waals surface area contributed by atoms with Crippen molar-refractivity contribution in [1.29, 1.82) is 0 Å². The van der Waals surface area contributed by atoms with Gasteiger partial charge in [-0.3, -0.25) is 0 Å². The molecule has 0 radical (unpaired) electrons. The van der Waals surface area contributed by atoms with Crippen LogP contribution in [0.15, 0.2) is 18.2 Å². The van der Waals surface area contributed by atoms with E-state index in [0.29, 0.717) is 23.3 Å². The van der Waals surface area contributed by atoms with Gasteiger partial charge in [-0.05, 0) is 42.3 Å². The SMILES string of the molecule is COc1ccc(C)cc1C(O)CNCC1C(C)(C)C1(C)C. The predicted octanol–water partition coefficient (Wildman–Crippen LogP) is 3.31. The minimum atomic E-state index is -0.537. The summed E-state index contributed by atoms with van der Waals surface area (Å²) in [5.74, 6) is 1.42. The molecule has 1 aliphatic rings. The number of nitrogens with one attached hydrogen (secondary N) is 1. The molecule has 0 saturated heterocycles. The highest BCUT2D eigenvalue weighted by Gasteiger charge is 2.63. The van der Waals surface area contributed by atoms with Crippen LogP contribution >= 0.6 is 0 Å². The zero-order valence-corrected chi connectivity index (χ0v) is 14.2. The number of ether oxygens (including phenoxy) is 1. The molecule has 1 unspecified atom stereocenters. The summed E-state index contributed by atoms with van der Waals surface area (Å²) in [5, 5.41) is 13.8. The van der Waals surface area contributed by atoms with E-state index in [4.69, 9.17) is 4.74 Å². The number of aliphatic hydroxyl groups is 1.